The Hall–Kier alpha value is -0.0600. The standard InChI is InChI=1S/C12H21NO2S/c1-11(2,3)16(14)13-10-6-4-7-12(10)8-5-9-15-12/h4-9H2,1-3H3/b13-10-. The van der Waals surface area contributed by atoms with Crippen molar-refractivity contribution in [2.45, 2.75) is 63.2 Å². The third-order valence-corrected chi connectivity index (χ3v) is 4.77. The summed E-state index contributed by atoms with van der Waals surface area (Å²) >= 11 is -1.14. The van der Waals surface area contributed by atoms with Gasteiger partial charge >= 0.3 is 0 Å². The van der Waals surface area contributed by atoms with Crippen LogP contribution in [-0.4, -0.2) is 27.2 Å². The van der Waals surface area contributed by atoms with Gasteiger partial charge in [-0.1, -0.05) is 4.40 Å². The molecule has 2 rings (SSSR count). The molecule has 0 N–H and O–H groups in total. The Labute approximate surface area is 101 Å². The van der Waals surface area contributed by atoms with Crippen LogP contribution in [0.5, 0.6) is 0 Å². The van der Waals surface area contributed by atoms with Gasteiger partial charge in [0.25, 0.3) is 0 Å². The van der Waals surface area contributed by atoms with Crippen LogP contribution >= 0.6 is 0 Å². The molecule has 0 aromatic heterocycles. The molecule has 1 saturated carbocycles. The van der Waals surface area contributed by atoms with E-state index in [0.29, 0.717) is 0 Å². The average molecular weight is 243 g/mol. The van der Waals surface area contributed by atoms with Gasteiger partial charge in [-0.05, 0) is 52.9 Å². The topological polar surface area (TPSA) is 44.7 Å². The highest BCUT2D eigenvalue weighted by atomic mass is 32.2. The number of hydrogen-bond donors (Lipinski definition) is 0. The fraction of sp³-hybridized carbons (Fsp3) is 0.917. The molecular weight excluding hydrogens is 222 g/mol. The van der Waals surface area contributed by atoms with Gasteiger partial charge in [-0.15, -0.1) is 0 Å². The summed E-state index contributed by atoms with van der Waals surface area (Å²) in [4.78, 5) is 0. The largest absolute Gasteiger partial charge is 0.591 e. The molecule has 0 bridgehead atoms. The molecule has 3 nitrogen and oxygen atoms in total. The van der Waals surface area contributed by atoms with Crippen molar-refractivity contribution in [2.24, 2.45) is 4.40 Å². The average Bonchev–Trinajstić information content (AvgIpc) is 2.78. The van der Waals surface area contributed by atoms with Crippen LogP contribution in [0.3, 0.4) is 0 Å². The van der Waals surface area contributed by atoms with Crippen LogP contribution in [0.2, 0.25) is 0 Å². The highest BCUT2D eigenvalue weighted by molar-refractivity contribution is 7.91. The van der Waals surface area contributed by atoms with Crippen molar-refractivity contribution < 1.29 is 9.29 Å². The molecule has 2 fully saturated rings. The van der Waals surface area contributed by atoms with Crippen LogP contribution in [0.4, 0.5) is 0 Å². The minimum absolute atomic E-state index is 0.138. The lowest BCUT2D eigenvalue weighted by Crippen LogP contribution is -2.35. The second-order valence-corrected chi connectivity index (χ2v) is 7.60. The second kappa shape index (κ2) is 4.31. The summed E-state index contributed by atoms with van der Waals surface area (Å²) in [6.07, 6.45) is 5.32. The Bertz CT molecular complexity index is 284. The van der Waals surface area contributed by atoms with Gasteiger partial charge in [0.05, 0.1) is 0 Å². The third-order valence-electron chi connectivity index (χ3n) is 3.34. The van der Waals surface area contributed by atoms with Crippen LogP contribution in [0.1, 0.15) is 52.9 Å². The van der Waals surface area contributed by atoms with Crippen molar-refractivity contribution in [1.29, 1.82) is 0 Å². The van der Waals surface area contributed by atoms with E-state index in [1.54, 1.807) is 0 Å². The van der Waals surface area contributed by atoms with Crippen LogP contribution < -0.4 is 0 Å². The van der Waals surface area contributed by atoms with Gasteiger partial charge < -0.3 is 9.29 Å². The predicted octanol–water partition coefficient (Wildman–Crippen LogP) is 2.62. The van der Waals surface area contributed by atoms with E-state index in [9.17, 15) is 4.55 Å². The van der Waals surface area contributed by atoms with E-state index in [4.69, 9.17) is 4.74 Å². The molecule has 1 aliphatic heterocycles. The van der Waals surface area contributed by atoms with Gasteiger partial charge in [0.1, 0.15) is 27.4 Å². The van der Waals surface area contributed by atoms with Crippen LogP contribution in [0.25, 0.3) is 0 Å². The fourth-order valence-electron chi connectivity index (χ4n) is 2.40. The van der Waals surface area contributed by atoms with E-state index < -0.39 is 11.4 Å². The number of ether oxygens (including phenoxy) is 1. The molecule has 0 aromatic rings. The zero-order chi connectivity index (χ0) is 11.8. The van der Waals surface area contributed by atoms with Crippen molar-refractivity contribution in [1.82, 2.24) is 0 Å². The predicted molar refractivity (Wildman–Crippen MR) is 67.1 cm³/mol. The Kier molecular flexibility index (Phi) is 3.34. The Balaban J connectivity index is 2.16. The fourth-order valence-corrected chi connectivity index (χ4v) is 3.13. The highest BCUT2D eigenvalue weighted by Crippen LogP contribution is 2.39. The quantitative estimate of drug-likeness (QED) is 0.664. The maximum atomic E-state index is 12.0. The van der Waals surface area contributed by atoms with Crippen molar-refractivity contribution in [3.8, 4) is 0 Å². The first-order chi connectivity index (χ1) is 7.44. The summed E-state index contributed by atoms with van der Waals surface area (Å²) in [5.74, 6) is 0. The molecule has 92 valence electrons. The molecule has 0 amide bonds. The minimum Gasteiger partial charge on any atom is -0.591 e. The molecule has 1 heterocycles. The Morgan fingerprint density at radius 3 is 2.56 bits per heavy atom. The molecule has 1 saturated heterocycles. The lowest BCUT2D eigenvalue weighted by atomic mass is 9.97. The van der Waals surface area contributed by atoms with Crippen LogP contribution in [0.15, 0.2) is 4.40 Å². The molecular formula is C12H21NO2S. The Morgan fingerprint density at radius 2 is 2.00 bits per heavy atom. The maximum Gasteiger partial charge on any atom is 0.144 e. The molecule has 2 atom stereocenters. The molecule has 1 spiro atoms. The monoisotopic (exact) mass is 243 g/mol. The molecule has 0 radical (unpaired) electrons. The minimum atomic E-state index is -1.14. The van der Waals surface area contributed by atoms with E-state index in [1.807, 2.05) is 20.8 Å². The van der Waals surface area contributed by atoms with E-state index in [-0.39, 0.29) is 10.3 Å². The van der Waals surface area contributed by atoms with Gasteiger partial charge in [-0.25, -0.2) is 0 Å². The summed E-state index contributed by atoms with van der Waals surface area (Å²) in [6, 6.07) is 0. The van der Waals surface area contributed by atoms with E-state index in [2.05, 4.69) is 4.40 Å². The SMILES string of the molecule is CC(C)(C)[S+]([O-])/N=C1/CCCC12CCCO2. The van der Waals surface area contributed by atoms with E-state index in [0.717, 1.165) is 44.4 Å². The van der Waals surface area contributed by atoms with Gasteiger partial charge in [0, 0.05) is 6.61 Å². The molecule has 16 heavy (non-hydrogen) atoms. The maximum absolute atomic E-state index is 12.0. The van der Waals surface area contributed by atoms with E-state index in [1.165, 1.54) is 0 Å². The van der Waals surface area contributed by atoms with Crippen molar-refractivity contribution in [3.63, 3.8) is 0 Å². The number of rotatable bonds is 1. The van der Waals surface area contributed by atoms with Crippen molar-refractivity contribution in [3.05, 3.63) is 0 Å². The lowest BCUT2D eigenvalue weighted by Gasteiger charge is -2.25. The normalized spacial score (nSPS) is 35.1. The number of nitrogens with zero attached hydrogens (tertiary/aromatic N) is 1. The first-order valence-electron chi connectivity index (χ1n) is 6.08. The lowest BCUT2D eigenvalue weighted by molar-refractivity contribution is 0.0633. The molecule has 4 heteroatoms. The zero-order valence-corrected chi connectivity index (χ0v) is 11.2. The third kappa shape index (κ3) is 2.29. The summed E-state index contributed by atoms with van der Waals surface area (Å²) < 4.78 is 22.1. The van der Waals surface area contributed by atoms with Gasteiger partial charge in [-0.3, -0.25) is 0 Å². The first-order valence-corrected chi connectivity index (χ1v) is 7.19. The van der Waals surface area contributed by atoms with Crippen molar-refractivity contribution >= 4 is 17.1 Å². The summed E-state index contributed by atoms with van der Waals surface area (Å²) in [5, 5.41) is 0. The summed E-state index contributed by atoms with van der Waals surface area (Å²) in [7, 11) is 0. The molecule has 2 unspecified atom stereocenters. The number of hydrogen-bond acceptors (Lipinski definition) is 3. The van der Waals surface area contributed by atoms with Crippen molar-refractivity contribution in [2.75, 3.05) is 6.61 Å². The smallest absolute Gasteiger partial charge is 0.144 e. The van der Waals surface area contributed by atoms with Gasteiger partial charge in [0.15, 0.2) is 0 Å². The Morgan fingerprint density at radius 1 is 1.31 bits per heavy atom. The summed E-state index contributed by atoms with van der Waals surface area (Å²) in [5.41, 5.74) is 0.916. The zero-order valence-electron chi connectivity index (χ0n) is 10.4. The van der Waals surface area contributed by atoms with Crippen LogP contribution in [-0.2, 0) is 16.1 Å². The van der Waals surface area contributed by atoms with E-state index >= 15 is 0 Å². The van der Waals surface area contributed by atoms with Crippen LogP contribution in [0, 0.1) is 0 Å². The van der Waals surface area contributed by atoms with Gasteiger partial charge in [0.2, 0.25) is 0 Å². The molecule has 2 aliphatic rings. The molecule has 1 aliphatic carbocycles. The summed E-state index contributed by atoms with van der Waals surface area (Å²) in [6.45, 7) is 6.72. The highest BCUT2D eigenvalue weighted by Gasteiger charge is 2.45. The second-order valence-electron chi connectivity index (χ2n) is 5.70. The van der Waals surface area contributed by atoms with Gasteiger partial charge in [-0.2, -0.15) is 0 Å². The molecule has 0 aromatic carbocycles. The first kappa shape index (κ1) is 12.4.